The van der Waals surface area contributed by atoms with Crippen LogP contribution in [0.15, 0.2) is 66.9 Å². The lowest BCUT2D eigenvalue weighted by molar-refractivity contribution is 0.0527. The molecule has 0 bridgehead atoms. The van der Waals surface area contributed by atoms with Crippen LogP contribution in [0.5, 0.6) is 0 Å². The third-order valence-corrected chi connectivity index (χ3v) is 8.60. The van der Waals surface area contributed by atoms with Gasteiger partial charge >= 0.3 is 12.0 Å². The van der Waals surface area contributed by atoms with E-state index in [9.17, 15) is 14.0 Å². The zero-order valence-corrected chi connectivity index (χ0v) is 21.9. The summed E-state index contributed by atoms with van der Waals surface area (Å²) < 4.78 is 21.8. The molecule has 0 radical (unpaired) electrons. The van der Waals surface area contributed by atoms with Crippen molar-refractivity contribution in [2.24, 2.45) is 0 Å². The van der Waals surface area contributed by atoms with Crippen LogP contribution in [-0.2, 0) is 24.1 Å². The number of nitrogens with zero attached hydrogens (tertiary/aromatic N) is 2. The number of carbonyl (C=O) groups excluding carboxylic acids is 2. The third kappa shape index (κ3) is 4.28. The van der Waals surface area contributed by atoms with Gasteiger partial charge in [-0.1, -0.05) is 24.3 Å². The monoisotopic (exact) mass is 529 g/mol. The lowest BCUT2D eigenvalue weighted by Gasteiger charge is -2.31. The van der Waals surface area contributed by atoms with Gasteiger partial charge in [0.1, 0.15) is 10.8 Å². The third-order valence-electron chi connectivity index (χ3n) is 7.27. The second-order valence-electron chi connectivity index (χ2n) is 9.58. The molecule has 0 spiro atoms. The van der Waals surface area contributed by atoms with E-state index in [1.54, 1.807) is 53.5 Å². The summed E-state index contributed by atoms with van der Waals surface area (Å²) in [4.78, 5) is 29.9. The van der Waals surface area contributed by atoms with E-state index >= 15 is 0 Å². The molecule has 1 N–H and O–H groups in total. The molecule has 3 heterocycles. The average Bonchev–Trinajstić information content (AvgIpc) is 3.51. The fraction of sp³-hybridized carbons (Fsp3) is 0.267. The first-order chi connectivity index (χ1) is 18.5. The fourth-order valence-corrected chi connectivity index (χ4v) is 6.98. The van der Waals surface area contributed by atoms with Gasteiger partial charge in [-0.05, 0) is 80.1 Å². The molecule has 4 aromatic rings. The number of aryl methyl sites for hydroxylation is 1. The number of halogens is 1. The van der Waals surface area contributed by atoms with Crippen molar-refractivity contribution in [3.05, 3.63) is 106 Å². The number of hydrogen-bond acceptors (Lipinski definition) is 4. The van der Waals surface area contributed by atoms with Crippen LogP contribution in [0.25, 0.3) is 5.00 Å². The van der Waals surface area contributed by atoms with Crippen LogP contribution in [0.1, 0.15) is 63.4 Å². The zero-order valence-electron chi connectivity index (χ0n) is 21.1. The molecule has 0 fully saturated rings. The summed E-state index contributed by atoms with van der Waals surface area (Å²) in [6.45, 7) is 2.35. The van der Waals surface area contributed by atoms with E-state index in [2.05, 4.69) is 9.88 Å². The molecular formula is C30H28FN3O3S. The highest BCUT2D eigenvalue weighted by atomic mass is 32.1. The molecule has 194 valence electrons. The number of carbonyl (C=O) groups is 2. The number of fused-ring (bicyclic) bond motifs is 5. The molecule has 1 aliphatic carbocycles. The number of ether oxygens (including phenoxy) is 1. The van der Waals surface area contributed by atoms with Crippen molar-refractivity contribution in [2.75, 3.05) is 11.9 Å². The number of para-hydroxylation sites is 1. The summed E-state index contributed by atoms with van der Waals surface area (Å²) in [5.41, 5.74) is 4.72. The van der Waals surface area contributed by atoms with E-state index < -0.39 is 12.0 Å². The number of nitrogens with one attached hydrogen (secondary N) is 1. The first kappa shape index (κ1) is 24.4. The molecule has 1 aliphatic heterocycles. The highest BCUT2D eigenvalue weighted by molar-refractivity contribution is 7.15. The molecule has 1 atom stereocenters. The molecule has 38 heavy (non-hydrogen) atoms. The average molecular weight is 530 g/mol. The van der Waals surface area contributed by atoms with Gasteiger partial charge in [0.15, 0.2) is 0 Å². The van der Waals surface area contributed by atoms with Crippen molar-refractivity contribution in [3.8, 4) is 5.00 Å². The normalized spacial score (nSPS) is 16.2. The van der Waals surface area contributed by atoms with E-state index in [0.717, 1.165) is 35.5 Å². The molecule has 0 saturated heterocycles. The van der Waals surface area contributed by atoms with Gasteiger partial charge in [0.25, 0.3) is 0 Å². The van der Waals surface area contributed by atoms with Gasteiger partial charge in [-0.3, -0.25) is 0 Å². The quantitative estimate of drug-likeness (QED) is 0.294. The maximum absolute atomic E-state index is 14.5. The first-order valence-electron chi connectivity index (χ1n) is 13.0. The van der Waals surface area contributed by atoms with Crippen LogP contribution in [0.2, 0.25) is 0 Å². The second kappa shape index (κ2) is 10.1. The predicted molar refractivity (Wildman–Crippen MR) is 145 cm³/mol. The maximum atomic E-state index is 14.5. The summed E-state index contributed by atoms with van der Waals surface area (Å²) in [6.07, 6.45) is 6.37. The molecular weight excluding hydrogens is 501 g/mol. The Hall–Kier alpha value is -3.91. The van der Waals surface area contributed by atoms with Crippen LogP contribution in [0.3, 0.4) is 0 Å². The van der Waals surface area contributed by atoms with E-state index in [1.807, 2.05) is 24.4 Å². The van der Waals surface area contributed by atoms with Gasteiger partial charge in [0.2, 0.25) is 0 Å². The number of aromatic nitrogens is 1. The van der Waals surface area contributed by atoms with Crippen molar-refractivity contribution in [2.45, 2.75) is 45.2 Å². The minimum Gasteiger partial charge on any atom is -0.462 e. The van der Waals surface area contributed by atoms with Crippen LogP contribution < -0.4 is 5.32 Å². The Balaban J connectivity index is 1.47. The number of thiophene rings is 1. The molecule has 6 nitrogen and oxygen atoms in total. The molecule has 2 aromatic heterocycles. The standard InChI is InChI=1S/C30H28FN3O3S/c1-2-37-29(35)22-12-3-5-13-24(22)32-30(36)34-18-23-21-11-4-6-15-26(21)38-28(23)33-16-8-14-25(33)27(34)19-9-7-10-20(31)17-19/h3,5,7-10,12-14,16-17,27H,2,4,6,11,15,18H2,1H3,(H,32,36)/t27-/m0/s1. The van der Waals surface area contributed by atoms with Crippen LogP contribution in [-0.4, -0.2) is 28.1 Å². The number of hydrogen-bond donors (Lipinski definition) is 1. The minimum absolute atomic E-state index is 0.234. The SMILES string of the molecule is CCOC(=O)c1ccccc1NC(=O)N1Cc2c(sc3c2CCCC3)-n2cccc2[C@@H]1c1cccc(F)c1. The summed E-state index contributed by atoms with van der Waals surface area (Å²) in [7, 11) is 0. The molecule has 0 saturated carbocycles. The Morgan fingerprint density at radius 1 is 1.05 bits per heavy atom. The Bertz CT molecular complexity index is 1520. The van der Waals surface area contributed by atoms with Crippen molar-refractivity contribution >= 4 is 29.0 Å². The van der Waals surface area contributed by atoms with Gasteiger partial charge < -0.3 is 19.5 Å². The van der Waals surface area contributed by atoms with Crippen LogP contribution in [0, 0.1) is 5.82 Å². The Morgan fingerprint density at radius 3 is 2.74 bits per heavy atom. The molecule has 2 amide bonds. The predicted octanol–water partition coefficient (Wildman–Crippen LogP) is 6.87. The lowest BCUT2D eigenvalue weighted by Crippen LogP contribution is -2.38. The summed E-state index contributed by atoms with van der Waals surface area (Å²) in [5.74, 6) is -0.853. The number of urea groups is 1. The highest BCUT2D eigenvalue weighted by Crippen LogP contribution is 2.44. The number of esters is 1. The van der Waals surface area contributed by atoms with Gasteiger partial charge in [-0.15, -0.1) is 11.3 Å². The fourth-order valence-electron chi connectivity index (χ4n) is 5.58. The maximum Gasteiger partial charge on any atom is 0.340 e. The zero-order chi connectivity index (χ0) is 26.2. The summed E-state index contributed by atoms with van der Waals surface area (Å²) >= 11 is 1.80. The summed E-state index contributed by atoms with van der Waals surface area (Å²) in [5, 5.41) is 4.10. The van der Waals surface area contributed by atoms with Crippen molar-refractivity contribution < 1.29 is 18.7 Å². The van der Waals surface area contributed by atoms with Crippen LogP contribution in [0.4, 0.5) is 14.9 Å². The second-order valence-corrected chi connectivity index (χ2v) is 10.7. The van der Waals surface area contributed by atoms with Gasteiger partial charge in [0.05, 0.1) is 36.1 Å². The molecule has 0 unspecified atom stereocenters. The van der Waals surface area contributed by atoms with E-state index in [4.69, 9.17) is 4.74 Å². The largest absolute Gasteiger partial charge is 0.462 e. The number of anilines is 1. The van der Waals surface area contributed by atoms with Crippen LogP contribution >= 0.6 is 11.3 Å². The van der Waals surface area contributed by atoms with Crippen molar-refractivity contribution in [3.63, 3.8) is 0 Å². The van der Waals surface area contributed by atoms with E-state index in [0.29, 0.717) is 17.8 Å². The molecule has 2 aromatic carbocycles. The molecule has 6 rings (SSSR count). The van der Waals surface area contributed by atoms with Gasteiger partial charge in [-0.25, -0.2) is 14.0 Å². The Morgan fingerprint density at radius 2 is 1.89 bits per heavy atom. The van der Waals surface area contributed by atoms with E-state index in [1.165, 1.54) is 29.0 Å². The number of benzene rings is 2. The first-order valence-corrected chi connectivity index (χ1v) is 13.8. The minimum atomic E-state index is -0.533. The number of amides is 2. The van der Waals surface area contributed by atoms with Crippen molar-refractivity contribution in [1.29, 1.82) is 0 Å². The lowest BCUT2D eigenvalue weighted by atomic mass is 9.95. The highest BCUT2D eigenvalue weighted by Gasteiger charge is 2.36. The van der Waals surface area contributed by atoms with Gasteiger partial charge in [-0.2, -0.15) is 0 Å². The number of rotatable bonds is 4. The van der Waals surface area contributed by atoms with Crippen molar-refractivity contribution in [1.82, 2.24) is 9.47 Å². The Kier molecular flexibility index (Phi) is 6.49. The Labute approximate surface area is 224 Å². The van der Waals surface area contributed by atoms with E-state index in [-0.39, 0.29) is 24.0 Å². The molecule has 8 heteroatoms. The topological polar surface area (TPSA) is 63.6 Å². The summed E-state index contributed by atoms with van der Waals surface area (Å²) in [6, 6.07) is 16.3. The molecule has 2 aliphatic rings. The van der Waals surface area contributed by atoms with Gasteiger partial charge in [0, 0.05) is 16.6 Å². The smallest absolute Gasteiger partial charge is 0.340 e.